The summed E-state index contributed by atoms with van der Waals surface area (Å²) in [6.45, 7) is 5.57. The Labute approximate surface area is 187 Å². The predicted octanol–water partition coefficient (Wildman–Crippen LogP) is 1.40. The maximum Gasteiger partial charge on any atom is 0.264 e. The monoisotopic (exact) mass is 435 g/mol. The molecule has 2 fully saturated rings. The summed E-state index contributed by atoms with van der Waals surface area (Å²) in [6.07, 6.45) is 2.89. The third-order valence-corrected chi connectivity index (χ3v) is 7.82. The van der Waals surface area contributed by atoms with Crippen molar-refractivity contribution in [1.82, 2.24) is 9.55 Å². The number of anilines is 1. The van der Waals surface area contributed by atoms with Crippen molar-refractivity contribution < 1.29 is 9.47 Å². The van der Waals surface area contributed by atoms with Crippen LogP contribution in [0.4, 0.5) is 5.95 Å². The zero-order valence-corrected chi connectivity index (χ0v) is 18.6. The number of rotatable bonds is 2. The van der Waals surface area contributed by atoms with Crippen molar-refractivity contribution in [2.24, 2.45) is 23.2 Å². The lowest BCUT2D eigenvalue weighted by molar-refractivity contribution is 0.0973. The van der Waals surface area contributed by atoms with E-state index in [1.165, 1.54) is 5.56 Å². The summed E-state index contributed by atoms with van der Waals surface area (Å²) in [6, 6.07) is 6.13. The van der Waals surface area contributed by atoms with Crippen LogP contribution in [0.1, 0.15) is 42.1 Å². The highest BCUT2D eigenvalue weighted by Gasteiger charge is 2.48. The summed E-state index contributed by atoms with van der Waals surface area (Å²) in [7, 11) is 1.81. The van der Waals surface area contributed by atoms with Gasteiger partial charge in [0.25, 0.3) is 5.56 Å². The van der Waals surface area contributed by atoms with E-state index in [0.29, 0.717) is 18.7 Å². The molecule has 2 saturated heterocycles. The molecule has 2 aromatic rings. The van der Waals surface area contributed by atoms with E-state index in [9.17, 15) is 4.79 Å². The SMILES string of the molecule is C[C@@H]1OCC2(CCN(c3nc4c(c(=O)n3C)C(c3ccc5c(c3)CCO5)=NC4)CC2)[C@@H]1N. The van der Waals surface area contributed by atoms with Crippen molar-refractivity contribution >= 4 is 11.7 Å². The van der Waals surface area contributed by atoms with Crippen LogP contribution in [0, 0.1) is 5.41 Å². The first-order chi connectivity index (χ1) is 15.5. The zero-order valence-electron chi connectivity index (χ0n) is 18.6. The number of benzene rings is 1. The lowest BCUT2D eigenvalue weighted by Crippen LogP contribution is -2.51. The van der Waals surface area contributed by atoms with Crippen LogP contribution in [0.2, 0.25) is 0 Å². The smallest absolute Gasteiger partial charge is 0.264 e. The second kappa shape index (κ2) is 7.15. The maximum atomic E-state index is 13.4. The minimum absolute atomic E-state index is 0.0344. The van der Waals surface area contributed by atoms with E-state index in [1.54, 1.807) is 4.57 Å². The topological polar surface area (TPSA) is 95.0 Å². The predicted molar refractivity (Wildman–Crippen MR) is 122 cm³/mol. The number of ether oxygens (including phenoxy) is 2. The Morgan fingerprint density at radius 2 is 2.06 bits per heavy atom. The number of hydrogen-bond donors (Lipinski definition) is 1. The molecule has 32 heavy (non-hydrogen) atoms. The molecule has 0 unspecified atom stereocenters. The Bertz CT molecular complexity index is 1180. The van der Waals surface area contributed by atoms with Crippen molar-refractivity contribution in [2.45, 2.75) is 44.9 Å². The average Bonchev–Trinajstić information content (AvgIpc) is 3.51. The van der Waals surface area contributed by atoms with Gasteiger partial charge in [0.15, 0.2) is 0 Å². The molecule has 1 aromatic heterocycles. The molecule has 0 saturated carbocycles. The largest absolute Gasteiger partial charge is 0.493 e. The first-order valence-electron chi connectivity index (χ1n) is 11.5. The summed E-state index contributed by atoms with van der Waals surface area (Å²) < 4.78 is 13.1. The van der Waals surface area contributed by atoms with Gasteiger partial charge in [0.1, 0.15) is 5.75 Å². The standard InChI is InChI=1S/C24H29N5O3/c1-14-21(25)24(13-32-14)6-8-29(9-7-24)23-27-17-12-26-20(19(17)22(30)28(23)2)16-3-4-18-15(11-16)5-10-31-18/h3-4,11,14,21H,5-10,12-13,25H2,1-2H3/t14-,21+/m0/s1. The van der Waals surface area contributed by atoms with Gasteiger partial charge in [-0.1, -0.05) is 0 Å². The molecule has 2 atom stereocenters. The van der Waals surface area contributed by atoms with Crippen LogP contribution >= 0.6 is 0 Å². The number of piperidine rings is 1. The lowest BCUT2D eigenvalue weighted by Gasteiger charge is -2.41. The van der Waals surface area contributed by atoms with E-state index < -0.39 is 0 Å². The minimum Gasteiger partial charge on any atom is -0.493 e. The Kier molecular flexibility index (Phi) is 4.45. The maximum absolute atomic E-state index is 13.4. The fraction of sp³-hybridized carbons (Fsp3) is 0.542. The third-order valence-electron chi connectivity index (χ3n) is 7.82. The summed E-state index contributed by atoms with van der Waals surface area (Å²) >= 11 is 0. The summed E-state index contributed by atoms with van der Waals surface area (Å²) in [5, 5.41) is 0. The molecule has 1 spiro atoms. The number of hydrogen-bond acceptors (Lipinski definition) is 7. The van der Waals surface area contributed by atoms with E-state index in [2.05, 4.69) is 17.9 Å². The molecule has 2 N–H and O–H groups in total. The fourth-order valence-corrected chi connectivity index (χ4v) is 5.70. The fourth-order valence-electron chi connectivity index (χ4n) is 5.70. The Hall–Kier alpha value is -2.71. The van der Waals surface area contributed by atoms with E-state index in [-0.39, 0.29) is 23.1 Å². The van der Waals surface area contributed by atoms with Crippen LogP contribution in [0.3, 0.4) is 0 Å². The molecule has 0 bridgehead atoms. The van der Waals surface area contributed by atoms with Crippen LogP contribution in [0.25, 0.3) is 0 Å². The lowest BCUT2D eigenvalue weighted by atomic mass is 9.73. The van der Waals surface area contributed by atoms with Gasteiger partial charge in [-0.25, -0.2) is 4.98 Å². The molecule has 4 aliphatic heterocycles. The van der Waals surface area contributed by atoms with Gasteiger partial charge in [0.05, 0.1) is 42.8 Å². The van der Waals surface area contributed by atoms with Gasteiger partial charge in [-0.05, 0) is 43.5 Å². The van der Waals surface area contributed by atoms with Crippen molar-refractivity contribution in [2.75, 3.05) is 31.2 Å². The van der Waals surface area contributed by atoms with Crippen LogP contribution in [0.15, 0.2) is 28.0 Å². The van der Waals surface area contributed by atoms with Gasteiger partial charge in [0, 0.05) is 43.6 Å². The minimum atomic E-state index is -0.0344. The number of aliphatic imine (C=N–C) groups is 1. The summed E-state index contributed by atoms with van der Waals surface area (Å²) in [4.78, 5) is 25.3. The second-order valence-electron chi connectivity index (χ2n) is 9.57. The van der Waals surface area contributed by atoms with Crippen molar-refractivity contribution in [3.63, 3.8) is 0 Å². The third kappa shape index (κ3) is 2.85. The quantitative estimate of drug-likeness (QED) is 0.766. The Morgan fingerprint density at radius 3 is 2.81 bits per heavy atom. The van der Waals surface area contributed by atoms with Gasteiger partial charge in [-0.15, -0.1) is 0 Å². The molecule has 8 nitrogen and oxygen atoms in total. The molecule has 1 aromatic carbocycles. The van der Waals surface area contributed by atoms with Crippen molar-refractivity contribution in [3.8, 4) is 5.75 Å². The molecule has 0 amide bonds. The van der Waals surface area contributed by atoms with Gasteiger partial charge >= 0.3 is 0 Å². The van der Waals surface area contributed by atoms with E-state index in [0.717, 1.165) is 67.6 Å². The molecule has 168 valence electrons. The number of aromatic nitrogens is 2. The first-order valence-corrected chi connectivity index (χ1v) is 11.5. The van der Waals surface area contributed by atoms with Gasteiger partial charge in [0.2, 0.25) is 5.95 Å². The highest BCUT2D eigenvalue weighted by Crippen LogP contribution is 2.41. The molecular formula is C24H29N5O3. The van der Waals surface area contributed by atoms with Gasteiger partial charge in [-0.2, -0.15) is 0 Å². The van der Waals surface area contributed by atoms with E-state index in [4.69, 9.17) is 25.2 Å². The van der Waals surface area contributed by atoms with Crippen LogP contribution in [-0.4, -0.2) is 53.7 Å². The summed E-state index contributed by atoms with van der Waals surface area (Å²) in [5.41, 5.74) is 10.7. The molecule has 5 heterocycles. The highest BCUT2D eigenvalue weighted by molar-refractivity contribution is 6.14. The molecular weight excluding hydrogens is 406 g/mol. The Morgan fingerprint density at radius 1 is 1.25 bits per heavy atom. The molecule has 8 heteroatoms. The molecule has 4 aliphatic rings. The zero-order chi connectivity index (χ0) is 22.0. The highest BCUT2D eigenvalue weighted by atomic mass is 16.5. The van der Waals surface area contributed by atoms with Crippen LogP contribution in [0.5, 0.6) is 5.75 Å². The molecule has 0 aliphatic carbocycles. The van der Waals surface area contributed by atoms with Gasteiger partial charge < -0.3 is 20.1 Å². The van der Waals surface area contributed by atoms with Crippen LogP contribution < -0.4 is 20.9 Å². The molecule has 0 radical (unpaired) electrons. The average molecular weight is 436 g/mol. The number of fused-ring (bicyclic) bond motifs is 2. The normalized spacial score (nSPS) is 25.6. The van der Waals surface area contributed by atoms with Gasteiger partial charge in [-0.3, -0.25) is 14.4 Å². The second-order valence-corrected chi connectivity index (χ2v) is 9.57. The summed E-state index contributed by atoms with van der Waals surface area (Å²) in [5.74, 6) is 1.65. The Balaban J connectivity index is 1.29. The van der Waals surface area contributed by atoms with Crippen molar-refractivity contribution in [3.05, 3.63) is 50.9 Å². The number of nitrogens with zero attached hydrogens (tertiary/aromatic N) is 4. The van der Waals surface area contributed by atoms with Crippen LogP contribution in [-0.2, 0) is 24.8 Å². The van der Waals surface area contributed by atoms with E-state index >= 15 is 0 Å². The number of nitrogens with two attached hydrogens (primary N) is 1. The molecule has 6 rings (SSSR count). The van der Waals surface area contributed by atoms with E-state index in [1.807, 2.05) is 19.2 Å². The van der Waals surface area contributed by atoms with Crippen molar-refractivity contribution in [1.29, 1.82) is 0 Å². The first kappa shape index (κ1) is 19.9.